The van der Waals surface area contributed by atoms with Crippen LogP contribution in [0.25, 0.3) is 0 Å². The lowest BCUT2D eigenvalue weighted by Gasteiger charge is -2.14. The van der Waals surface area contributed by atoms with Gasteiger partial charge in [0, 0.05) is 23.0 Å². The molecule has 4 nitrogen and oxygen atoms in total. The van der Waals surface area contributed by atoms with Crippen molar-refractivity contribution in [2.45, 2.75) is 67.2 Å². The van der Waals surface area contributed by atoms with Crippen molar-refractivity contribution in [3.05, 3.63) is 48.6 Å². The average Bonchev–Trinajstić information content (AvgIpc) is 2.61. The van der Waals surface area contributed by atoms with Crippen molar-refractivity contribution in [1.82, 2.24) is 0 Å². The van der Waals surface area contributed by atoms with Gasteiger partial charge in [-0.2, -0.15) is 0 Å². The first-order valence-corrected chi connectivity index (χ1v) is 10.2. The van der Waals surface area contributed by atoms with Gasteiger partial charge in [-0.05, 0) is 39.5 Å². The highest BCUT2D eigenvalue weighted by Crippen LogP contribution is 2.21. The monoisotopic (exact) mass is 390 g/mol. The maximum absolute atomic E-state index is 11.4. The topological polar surface area (TPSA) is 52.6 Å². The standard InChI is InChI=1S/C24H38O4/c1-7-27-21(25)15-19-23(3,4)17-13-11-9-10-12-14-18-24(5,6)20-16-22(26)28-8-2/h13-20H,7-12H2,1-6H3/b17-13+,18-14+,19-15+,20-16+. The first-order valence-electron chi connectivity index (χ1n) is 10.2. The van der Waals surface area contributed by atoms with Crippen LogP contribution in [0.15, 0.2) is 48.6 Å². The number of unbranched alkanes of at least 4 members (excludes halogenated alkanes) is 3. The summed E-state index contributed by atoms with van der Waals surface area (Å²) in [6.07, 6.45) is 19.6. The van der Waals surface area contributed by atoms with Gasteiger partial charge in [0.25, 0.3) is 0 Å². The molecule has 0 heterocycles. The van der Waals surface area contributed by atoms with Crippen LogP contribution >= 0.6 is 0 Å². The van der Waals surface area contributed by atoms with Crippen molar-refractivity contribution < 1.29 is 19.1 Å². The molecule has 0 fully saturated rings. The molecule has 0 aliphatic carbocycles. The van der Waals surface area contributed by atoms with E-state index in [1.54, 1.807) is 13.8 Å². The molecule has 0 spiro atoms. The summed E-state index contributed by atoms with van der Waals surface area (Å²) in [5, 5.41) is 0. The zero-order valence-corrected chi connectivity index (χ0v) is 18.5. The Hall–Kier alpha value is -2.10. The van der Waals surface area contributed by atoms with Crippen molar-refractivity contribution in [3.63, 3.8) is 0 Å². The van der Waals surface area contributed by atoms with Gasteiger partial charge in [-0.1, -0.05) is 64.2 Å². The number of rotatable bonds is 13. The van der Waals surface area contributed by atoms with Crippen LogP contribution in [-0.4, -0.2) is 25.2 Å². The highest BCUT2D eigenvalue weighted by Gasteiger charge is 2.10. The van der Waals surface area contributed by atoms with E-state index >= 15 is 0 Å². The number of carbonyl (C=O) groups excluding carboxylic acids is 2. The minimum atomic E-state index is -0.296. The molecule has 0 saturated carbocycles. The fourth-order valence-electron chi connectivity index (χ4n) is 2.36. The Bertz CT molecular complexity index is 525. The van der Waals surface area contributed by atoms with E-state index < -0.39 is 0 Å². The molecule has 0 rings (SSSR count). The lowest BCUT2D eigenvalue weighted by molar-refractivity contribution is -0.138. The van der Waals surface area contributed by atoms with Crippen LogP contribution in [0.2, 0.25) is 0 Å². The van der Waals surface area contributed by atoms with Crippen molar-refractivity contribution >= 4 is 11.9 Å². The molecule has 0 saturated heterocycles. The van der Waals surface area contributed by atoms with Gasteiger partial charge in [-0.3, -0.25) is 0 Å². The molecule has 0 aromatic carbocycles. The third kappa shape index (κ3) is 15.0. The Kier molecular flexibility index (Phi) is 12.9. The predicted octanol–water partition coefficient (Wildman–Crippen LogP) is 5.95. The first kappa shape index (κ1) is 25.9. The van der Waals surface area contributed by atoms with E-state index in [4.69, 9.17) is 9.47 Å². The quantitative estimate of drug-likeness (QED) is 0.169. The molecule has 4 heteroatoms. The van der Waals surface area contributed by atoms with Gasteiger partial charge < -0.3 is 9.47 Å². The summed E-state index contributed by atoms with van der Waals surface area (Å²) < 4.78 is 9.79. The summed E-state index contributed by atoms with van der Waals surface area (Å²) in [7, 11) is 0. The van der Waals surface area contributed by atoms with Crippen molar-refractivity contribution in [3.8, 4) is 0 Å². The molecule has 0 unspecified atom stereocenters. The van der Waals surface area contributed by atoms with Crippen LogP contribution in [0.3, 0.4) is 0 Å². The number of ether oxygens (including phenoxy) is 2. The minimum absolute atomic E-state index is 0.165. The summed E-state index contributed by atoms with van der Waals surface area (Å²) in [5.41, 5.74) is -0.329. The summed E-state index contributed by atoms with van der Waals surface area (Å²) in [5.74, 6) is -0.591. The van der Waals surface area contributed by atoms with E-state index in [0.717, 1.165) is 25.7 Å². The van der Waals surface area contributed by atoms with E-state index in [-0.39, 0.29) is 22.8 Å². The Labute approximate surface area is 171 Å². The summed E-state index contributed by atoms with van der Waals surface area (Å²) >= 11 is 0. The molecule has 28 heavy (non-hydrogen) atoms. The van der Waals surface area contributed by atoms with Gasteiger partial charge in [0.05, 0.1) is 13.2 Å². The smallest absolute Gasteiger partial charge is 0.330 e. The van der Waals surface area contributed by atoms with Crippen LogP contribution in [0.4, 0.5) is 0 Å². The second-order valence-corrected chi connectivity index (χ2v) is 7.90. The fourth-order valence-corrected chi connectivity index (χ4v) is 2.36. The van der Waals surface area contributed by atoms with Crippen LogP contribution in [0, 0.1) is 10.8 Å². The highest BCUT2D eigenvalue weighted by atomic mass is 16.5. The lowest BCUT2D eigenvalue weighted by Crippen LogP contribution is -2.06. The van der Waals surface area contributed by atoms with Crippen LogP contribution in [0.1, 0.15) is 67.2 Å². The van der Waals surface area contributed by atoms with E-state index in [1.807, 2.05) is 12.2 Å². The third-order valence-electron chi connectivity index (χ3n) is 3.96. The van der Waals surface area contributed by atoms with Gasteiger partial charge in [0.2, 0.25) is 0 Å². The third-order valence-corrected chi connectivity index (χ3v) is 3.96. The van der Waals surface area contributed by atoms with Crippen molar-refractivity contribution in [2.24, 2.45) is 10.8 Å². The van der Waals surface area contributed by atoms with Gasteiger partial charge in [0.1, 0.15) is 0 Å². The summed E-state index contributed by atoms with van der Waals surface area (Å²) in [4.78, 5) is 22.7. The summed E-state index contributed by atoms with van der Waals surface area (Å²) in [6, 6.07) is 0. The Balaban J connectivity index is 4.15. The fraction of sp³-hybridized carbons (Fsp3) is 0.583. The molecule has 158 valence electrons. The van der Waals surface area contributed by atoms with Crippen molar-refractivity contribution in [1.29, 1.82) is 0 Å². The highest BCUT2D eigenvalue weighted by molar-refractivity contribution is 5.82. The second kappa shape index (κ2) is 14.0. The Morgan fingerprint density at radius 1 is 0.679 bits per heavy atom. The number of allylic oxidation sites excluding steroid dienone is 6. The van der Waals surface area contributed by atoms with Gasteiger partial charge in [-0.15, -0.1) is 0 Å². The molecule has 0 atom stereocenters. The first-order chi connectivity index (χ1) is 13.1. The maximum Gasteiger partial charge on any atom is 0.330 e. The van der Waals surface area contributed by atoms with Crippen LogP contribution in [0.5, 0.6) is 0 Å². The maximum atomic E-state index is 11.4. The minimum Gasteiger partial charge on any atom is -0.463 e. The zero-order chi connectivity index (χ0) is 21.5. The molecular weight excluding hydrogens is 352 g/mol. The Morgan fingerprint density at radius 3 is 1.36 bits per heavy atom. The van der Waals surface area contributed by atoms with Gasteiger partial charge in [-0.25, -0.2) is 9.59 Å². The molecule has 0 N–H and O–H groups in total. The molecule has 0 radical (unpaired) electrons. The normalized spacial score (nSPS) is 13.2. The molecule has 0 bridgehead atoms. The van der Waals surface area contributed by atoms with E-state index in [1.165, 1.54) is 12.2 Å². The van der Waals surface area contributed by atoms with Crippen LogP contribution < -0.4 is 0 Å². The van der Waals surface area contributed by atoms with E-state index in [0.29, 0.717) is 13.2 Å². The predicted molar refractivity (Wildman–Crippen MR) is 116 cm³/mol. The number of hydrogen-bond acceptors (Lipinski definition) is 4. The SMILES string of the molecule is CCOC(=O)/C=C/C(C)(C)/C=C/CCCC/C=C/C(C)(C)/C=C/C(=O)OCC. The molecule has 0 aromatic heterocycles. The average molecular weight is 391 g/mol. The molecular formula is C24H38O4. The molecule has 0 amide bonds. The van der Waals surface area contributed by atoms with E-state index in [2.05, 4.69) is 52.0 Å². The lowest BCUT2D eigenvalue weighted by atomic mass is 9.91. The molecule has 0 aliphatic heterocycles. The number of hydrogen-bond donors (Lipinski definition) is 0. The number of carbonyl (C=O) groups is 2. The van der Waals surface area contributed by atoms with Gasteiger partial charge >= 0.3 is 11.9 Å². The number of esters is 2. The van der Waals surface area contributed by atoms with E-state index in [9.17, 15) is 9.59 Å². The Morgan fingerprint density at radius 2 is 1.04 bits per heavy atom. The molecule has 0 aromatic rings. The zero-order valence-electron chi connectivity index (χ0n) is 18.5. The molecule has 0 aliphatic rings. The summed E-state index contributed by atoms with van der Waals surface area (Å²) in [6.45, 7) is 12.6. The largest absolute Gasteiger partial charge is 0.463 e. The van der Waals surface area contributed by atoms with Gasteiger partial charge in [0.15, 0.2) is 0 Å². The second-order valence-electron chi connectivity index (χ2n) is 7.90. The van der Waals surface area contributed by atoms with Crippen LogP contribution in [-0.2, 0) is 19.1 Å². The van der Waals surface area contributed by atoms with Crippen molar-refractivity contribution in [2.75, 3.05) is 13.2 Å².